The molecule has 1 fully saturated rings. The first-order valence-corrected chi connectivity index (χ1v) is 9.27. The van der Waals surface area contributed by atoms with Crippen LogP contribution in [-0.2, 0) is 11.2 Å². The maximum Gasteiger partial charge on any atom is 0.321 e. The number of aromatic nitrogens is 1. The molecular formula is C18H21N3O2S. The predicted molar refractivity (Wildman–Crippen MR) is 95.7 cm³/mol. The Kier molecular flexibility index (Phi) is 4.24. The molecule has 0 saturated carbocycles. The molecule has 4 rings (SSSR count). The zero-order valence-electron chi connectivity index (χ0n) is 13.7. The van der Waals surface area contributed by atoms with Crippen LogP contribution < -0.4 is 10.2 Å². The molecule has 2 aliphatic rings. The van der Waals surface area contributed by atoms with E-state index in [0.717, 1.165) is 54.6 Å². The third-order valence-electron chi connectivity index (χ3n) is 4.70. The van der Waals surface area contributed by atoms with Crippen LogP contribution in [0.1, 0.15) is 17.0 Å². The van der Waals surface area contributed by atoms with Gasteiger partial charge in [0.1, 0.15) is 0 Å². The van der Waals surface area contributed by atoms with Crippen LogP contribution in [0.25, 0.3) is 11.3 Å². The van der Waals surface area contributed by atoms with Crippen LogP contribution in [-0.4, -0.2) is 37.3 Å². The van der Waals surface area contributed by atoms with E-state index >= 15 is 0 Å². The molecule has 6 heteroatoms. The summed E-state index contributed by atoms with van der Waals surface area (Å²) in [5, 5.41) is 6.21. The first kappa shape index (κ1) is 15.6. The van der Waals surface area contributed by atoms with Crippen molar-refractivity contribution in [2.24, 2.45) is 5.92 Å². The molecule has 0 unspecified atom stereocenters. The van der Waals surface area contributed by atoms with Gasteiger partial charge in [-0.2, -0.15) is 0 Å². The molecule has 3 heterocycles. The first-order valence-electron chi connectivity index (χ1n) is 8.39. The van der Waals surface area contributed by atoms with Crippen LogP contribution in [0.2, 0.25) is 0 Å². The van der Waals surface area contributed by atoms with E-state index in [2.05, 4.69) is 27.8 Å². The second-order valence-corrected chi connectivity index (χ2v) is 7.47. The van der Waals surface area contributed by atoms with Gasteiger partial charge in [-0.25, -0.2) is 9.78 Å². The van der Waals surface area contributed by atoms with E-state index < -0.39 is 0 Å². The number of benzene rings is 1. The molecule has 2 aliphatic heterocycles. The largest absolute Gasteiger partial charge is 0.381 e. The zero-order chi connectivity index (χ0) is 16.5. The van der Waals surface area contributed by atoms with Gasteiger partial charge in [-0.05, 0) is 37.5 Å². The number of ether oxygens (including phenoxy) is 1. The fraction of sp³-hybridized carbons (Fsp3) is 0.444. The Bertz CT molecular complexity index is 752. The maximum atomic E-state index is 12.5. The molecule has 0 radical (unpaired) electrons. The highest BCUT2D eigenvalue weighted by molar-refractivity contribution is 7.09. The highest BCUT2D eigenvalue weighted by Crippen LogP contribution is 2.32. The summed E-state index contributed by atoms with van der Waals surface area (Å²) in [6, 6.07) is 6.27. The quantitative estimate of drug-likeness (QED) is 0.931. The van der Waals surface area contributed by atoms with Crippen molar-refractivity contribution in [2.75, 3.05) is 31.2 Å². The Balaban J connectivity index is 1.46. The van der Waals surface area contributed by atoms with E-state index in [0.29, 0.717) is 12.5 Å². The lowest BCUT2D eigenvalue weighted by molar-refractivity contribution is 0.185. The number of carbonyl (C=O) groups excluding carboxylic acids is 1. The number of carbonyl (C=O) groups is 1. The number of hydrogen-bond acceptors (Lipinski definition) is 4. The molecule has 0 bridgehead atoms. The molecule has 24 heavy (non-hydrogen) atoms. The van der Waals surface area contributed by atoms with Gasteiger partial charge in [0.05, 0.1) is 17.3 Å². The van der Waals surface area contributed by atoms with Crippen LogP contribution in [0.4, 0.5) is 10.5 Å². The Hall–Kier alpha value is -1.92. The van der Waals surface area contributed by atoms with E-state index in [4.69, 9.17) is 4.74 Å². The average molecular weight is 343 g/mol. The normalized spacial score (nSPS) is 19.5. The summed E-state index contributed by atoms with van der Waals surface area (Å²) in [5.74, 6) is 0.450. The molecular weight excluding hydrogens is 322 g/mol. The van der Waals surface area contributed by atoms with Crippen LogP contribution >= 0.6 is 11.3 Å². The second kappa shape index (κ2) is 6.53. The smallest absolute Gasteiger partial charge is 0.321 e. The average Bonchev–Trinajstić information content (AvgIpc) is 3.32. The van der Waals surface area contributed by atoms with E-state index in [1.54, 1.807) is 11.3 Å². The summed E-state index contributed by atoms with van der Waals surface area (Å²) >= 11 is 1.66. The second-order valence-electron chi connectivity index (χ2n) is 6.41. The van der Waals surface area contributed by atoms with Crippen molar-refractivity contribution in [3.05, 3.63) is 34.2 Å². The third-order valence-corrected chi connectivity index (χ3v) is 5.47. The topological polar surface area (TPSA) is 54.5 Å². The van der Waals surface area contributed by atoms with Crippen molar-refractivity contribution in [2.45, 2.75) is 19.8 Å². The van der Waals surface area contributed by atoms with Crippen molar-refractivity contribution >= 4 is 23.1 Å². The van der Waals surface area contributed by atoms with Gasteiger partial charge in [-0.3, -0.25) is 4.90 Å². The number of amides is 2. The van der Waals surface area contributed by atoms with E-state index in [1.165, 1.54) is 5.56 Å². The number of urea groups is 1. The zero-order valence-corrected chi connectivity index (χ0v) is 14.6. The lowest BCUT2D eigenvalue weighted by Gasteiger charge is -2.19. The summed E-state index contributed by atoms with van der Waals surface area (Å²) in [5.41, 5.74) is 4.39. The molecule has 126 valence electrons. The summed E-state index contributed by atoms with van der Waals surface area (Å²) in [7, 11) is 0. The standard InChI is InChI=1S/C18H21N3O2S/c1-12-20-16(11-24-12)14-2-3-17-15(8-14)4-6-21(17)18(22)19-9-13-5-7-23-10-13/h2-3,8,11,13H,4-7,9-10H2,1H3,(H,19,22)/t13-/m1/s1. The SMILES string of the molecule is Cc1nc(-c2ccc3c(c2)CCN3C(=O)NC[C@H]2CCOC2)cs1. The minimum atomic E-state index is -0.00194. The molecule has 2 aromatic rings. The van der Waals surface area contributed by atoms with Gasteiger partial charge in [-0.15, -0.1) is 11.3 Å². The van der Waals surface area contributed by atoms with Gasteiger partial charge in [0.25, 0.3) is 0 Å². The fourth-order valence-electron chi connectivity index (χ4n) is 3.34. The van der Waals surface area contributed by atoms with Crippen molar-refractivity contribution in [1.82, 2.24) is 10.3 Å². The molecule has 1 N–H and O–H groups in total. The van der Waals surface area contributed by atoms with E-state index in [9.17, 15) is 4.79 Å². The summed E-state index contributed by atoms with van der Waals surface area (Å²) < 4.78 is 5.36. The van der Waals surface area contributed by atoms with E-state index in [1.807, 2.05) is 17.9 Å². The van der Waals surface area contributed by atoms with Crippen LogP contribution in [0, 0.1) is 12.8 Å². The van der Waals surface area contributed by atoms with E-state index in [-0.39, 0.29) is 6.03 Å². The summed E-state index contributed by atoms with van der Waals surface area (Å²) in [6.45, 7) is 5.02. The molecule has 1 aromatic heterocycles. The summed E-state index contributed by atoms with van der Waals surface area (Å²) in [4.78, 5) is 18.9. The van der Waals surface area contributed by atoms with Crippen LogP contribution in [0.5, 0.6) is 0 Å². The number of fused-ring (bicyclic) bond motifs is 1. The lowest BCUT2D eigenvalue weighted by Crippen LogP contribution is -2.41. The molecule has 5 nitrogen and oxygen atoms in total. The number of hydrogen-bond donors (Lipinski definition) is 1. The molecule has 1 atom stereocenters. The van der Waals surface area contributed by atoms with Crippen molar-refractivity contribution in [1.29, 1.82) is 0 Å². The Labute approximate surface area is 145 Å². The number of thiazole rings is 1. The minimum absolute atomic E-state index is 0.00194. The number of aryl methyl sites for hydroxylation is 1. The Morgan fingerprint density at radius 2 is 2.42 bits per heavy atom. The highest BCUT2D eigenvalue weighted by Gasteiger charge is 2.26. The number of rotatable bonds is 3. The Morgan fingerprint density at radius 1 is 1.50 bits per heavy atom. The lowest BCUT2D eigenvalue weighted by atomic mass is 10.1. The molecule has 2 amide bonds. The maximum absolute atomic E-state index is 12.5. The third kappa shape index (κ3) is 3.03. The highest BCUT2D eigenvalue weighted by atomic mass is 32.1. The van der Waals surface area contributed by atoms with Crippen LogP contribution in [0.3, 0.4) is 0 Å². The van der Waals surface area contributed by atoms with Crippen molar-refractivity contribution in [3.8, 4) is 11.3 Å². The van der Waals surface area contributed by atoms with Gasteiger partial charge < -0.3 is 10.1 Å². The number of anilines is 1. The monoisotopic (exact) mass is 343 g/mol. The van der Waals surface area contributed by atoms with Gasteiger partial charge in [-0.1, -0.05) is 6.07 Å². The minimum Gasteiger partial charge on any atom is -0.381 e. The molecule has 0 spiro atoms. The van der Waals surface area contributed by atoms with Crippen molar-refractivity contribution in [3.63, 3.8) is 0 Å². The van der Waals surface area contributed by atoms with Gasteiger partial charge >= 0.3 is 6.03 Å². The number of nitrogens with one attached hydrogen (secondary N) is 1. The predicted octanol–water partition coefficient (Wildman–Crippen LogP) is 3.23. The van der Waals surface area contributed by atoms with Crippen LogP contribution in [0.15, 0.2) is 23.6 Å². The van der Waals surface area contributed by atoms with Gasteiger partial charge in [0.15, 0.2) is 0 Å². The Morgan fingerprint density at radius 3 is 3.17 bits per heavy atom. The first-order chi connectivity index (χ1) is 11.7. The van der Waals surface area contributed by atoms with Gasteiger partial charge in [0, 0.05) is 42.2 Å². The van der Waals surface area contributed by atoms with Gasteiger partial charge in [0.2, 0.25) is 0 Å². The van der Waals surface area contributed by atoms with Crippen molar-refractivity contribution < 1.29 is 9.53 Å². The molecule has 1 saturated heterocycles. The number of nitrogens with zero attached hydrogens (tertiary/aromatic N) is 2. The molecule has 0 aliphatic carbocycles. The summed E-state index contributed by atoms with van der Waals surface area (Å²) in [6.07, 6.45) is 1.93. The molecule has 1 aromatic carbocycles. The fourth-order valence-corrected chi connectivity index (χ4v) is 3.96.